The maximum atomic E-state index is 11.0. The van der Waals surface area contributed by atoms with Crippen molar-refractivity contribution in [3.8, 4) is 5.75 Å². The number of carbonyl (C=O) groups excluding carboxylic acids is 1. The van der Waals surface area contributed by atoms with Gasteiger partial charge in [0.15, 0.2) is 0 Å². The third-order valence-electron chi connectivity index (χ3n) is 1.34. The normalized spacial score (nSPS) is 8.71. The number of phenols is 1. The van der Waals surface area contributed by atoms with E-state index in [0.29, 0.717) is 0 Å². The second kappa shape index (κ2) is 6.26. The van der Waals surface area contributed by atoms with E-state index in [-0.39, 0.29) is 49.1 Å². The van der Waals surface area contributed by atoms with Gasteiger partial charge < -0.3 is 19.8 Å². The molecule has 0 unspecified atom stereocenters. The standard InChI is InChI=1S/C7H7BO5.Ca.2H/c9-6-4-2-1-3-5(6)7(10)13-8(11)12;;;/h1-4,9,11-12H;;;. The Labute approximate surface area is 110 Å². The van der Waals surface area contributed by atoms with Crippen molar-refractivity contribution in [2.75, 3.05) is 0 Å². The molecule has 0 fully saturated rings. The van der Waals surface area contributed by atoms with E-state index in [1.54, 1.807) is 0 Å². The summed E-state index contributed by atoms with van der Waals surface area (Å²) in [6, 6.07) is 5.64. The van der Waals surface area contributed by atoms with Gasteiger partial charge in [-0.3, -0.25) is 0 Å². The van der Waals surface area contributed by atoms with Crippen molar-refractivity contribution in [2.45, 2.75) is 0 Å². The summed E-state index contributed by atoms with van der Waals surface area (Å²) in [6.07, 6.45) is 0. The fourth-order valence-corrected chi connectivity index (χ4v) is 0.805. The quantitative estimate of drug-likeness (QED) is 0.538. The first kappa shape index (κ1) is 13.7. The summed E-state index contributed by atoms with van der Waals surface area (Å²) < 4.78 is 4.03. The number of aromatic hydroxyl groups is 1. The molecule has 0 saturated carbocycles. The van der Waals surface area contributed by atoms with Crippen LogP contribution in [0, 0.1) is 0 Å². The molecule has 0 radical (unpaired) electrons. The van der Waals surface area contributed by atoms with Gasteiger partial charge in [0, 0.05) is 0 Å². The predicted molar refractivity (Wildman–Crippen MR) is 52.3 cm³/mol. The Balaban J connectivity index is 0.00000169. The summed E-state index contributed by atoms with van der Waals surface area (Å²) >= 11 is 0. The number of benzene rings is 1. The molecule has 0 amide bonds. The van der Waals surface area contributed by atoms with Crippen LogP contribution in [-0.4, -0.2) is 66.2 Å². The molecule has 0 bridgehead atoms. The molecule has 0 aromatic heterocycles. The van der Waals surface area contributed by atoms with Crippen LogP contribution >= 0.6 is 0 Å². The van der Waals surface area contributed by atoms with Gasteiger partial charge in [0.05, 0.1) is 5.56 Å². The first-order valence-corrected chi connectivity index (χ1v) is 3.46. The zero-order valence-electron chi connectivity index (χ0n) is 6.54. The molecule has 0 atom stereocenters. The van der Waals surface area contributed by atoms with Crippen molar-refractivity contribution in [3.05, 3.63) is 29.8 Å². The number of hydrogen-bond donors (Lipinski definition) is 3. The molecule has 0 heterocycles. The van der Waals surface area contributed by atoms with Crippen LogP contribution < -0.4 is 0 Å². The minimum absolute atomic E-state index is 0. The van der Waals surface area contributed by atoms with Crippen LogP contribution in [0.4, 0.5) is 0 Å². The molecule has 0 aliphatic heterocycles. The molecule has 1 rings (SSSR count). The molecule has 72 valence electrons. The number of carbonyl (C=O) groups is 1. The Bertz CT molecular complexity index is 317. The van der Waals surface area contributed by atoms with E-state index in [1.165, 1.54) is 24.3 Å². The van der Waals surface area contributed by atoms with Crippen LogP contribution in [-0.2, 0) is 4.65 Å². The van der Waals surface area contributed by atoms with Gasteiger partial charge in [-0.05, 0) is 12.1 Å². The second-order valence-corrected chi connectivity index (χ2v) is 2.25. The van der Waals surface area contributed by atoms with Gasteiger partial charge in [-0.2, -0.15) is 0 Å². The van der Waals surface area contributed by atoms with Gasteiger partial charge in [0.25, 0.3) is 0 Å². The Morgan fingerprint density at radius 2 is 1.86 bits per heavy atom. The summed E-state index contributed by atoms with van der Waals surface area (Å²) in [7, 11) is -2.17. The molecule has 0 aliphatic rings. The molecule has 3 N–H and O–H groups in total. The summed E-state index contributed by atoms with van der Waals surface area (Å²) in [5.74, 6) is -1.26. The van der Waals surface area contributed by atoms with E-state index in [4.69, 9.17) is 15.2 Å². The first-order chi connectivity index (χ1) is 6.11. The van der Waals surface area contributed by atoms with Crippen molar-refractivity contribution < 1.29 is 24.6 Å². The van der Waals surface area contributed by atoms with Crippen LogP contribution in [0.1, 0.15) is 10.4 Å². The number of para-hydroxylation sites is 1. The summed E-state index contributed by atoms with van der Waals surface area (Å²) in [5, 5.41) is 25.7. The minimum atomic E-state index is -2.17. The Morgan fingerprint density at radius 1 is 1.29 bits per heavy atom. The van der Waals surface area contributed by atoms with E-state index in [2.05, 4.69) is 4.65 Å². The van der Waals surface area contributed by atoms with Crippen molar-refractivity contribution >= 4 is 51.0 Å². The molecule has 14 heavy (non-hydrogen) atoms. The number of phenolic OH excluding ortho intramolecular Hbond substituents is 1. The number of hydrogen-bond acceptors (Lipinski definition) is 5. The van der Waals surface area contributed by atoms with Gasteiger partial charge >= 0.3 is 51.0 Å². The molecule has 1 aromatic rings. The zero-order chi connectivity index (χ0) is 9.84. The maximum absolute atomic E-state index is 11.0. The van der Waals surface area contributed by atoms with E-state index in [1.807, 2.05) is 0 Å². The molecular formula is C7H9BCaO5. The van der Waals surface area contributed by atoms with Crippen molar-refractivity contribution in [1.29, 1.82) is 0 Å². The average molecular weight is 224 g/mol. The molecular weight excluding hydrogens is 215 g/mol. The Kier molecular flexibility index (Phi) is 6.14. The van der Waals surface area contributed by atoms with Crippen LogP contribution in [0.3, 0.4) is 0 Å². The third-order valence-corrected chi connectivity index (χ3v) is 1.34. The average Bonchev–Trinajstić information content (AvgIpc) is 2.03. The van der Waals surface area contributed by atoms with E-state index in [0.717, 1.165) is 0 Å². The van der Waals surface area contributed by atoms with Gasteiger partial charge in [-0.25, -0.2) is 4.79 Å². The Hall–Kier alpha value is -0.265. The molecule has 7 heteroatoms. The van der Waals surface area contributed by atoms with Crippen molar-refractivity contribution in [3.63, 3.8) is 0 Å². The number of rotatable bonds is 2. The summed E-state index contributed by atoms with van der Waals surface area (Å²) in [5.41, 5.74) is -0.115. The SMILES string of the molecule is O=C(OB(O)O)c1ccccc1O.[CaH2]. The van der Waals surface area contributed by atoms with Crippen molar-refractivity contribution in [2.24, 2.45) is 0 Å². The van der Waals surface area contributed by atoms with E-state index < -0.39 is 13.3 Å². The van der Waals surface area contributed by atoms with Gasteiger partial charge in [-0.1, -0.05) is 12.1 Å². The summed E-state index contributed by atoms with van der Waals surface area (Å²) in [6.45, 7) is 0. The molecule has 0 saturated heterocycles. The van der Waals surface area contributed by atoms with E-state index in [9.17, 15) is 4.79 Å². The van der Waals surface area contributed by atoms with Crippen LogP contribution in [0.15, 0.2) is 24.3 Å². The summed E-state index contributed by atoms with van der Waals surface area (Å²) in [4.78, 5) is 11.0. The second-order valence-electron chi connectivity index (χ2n) is 2.25. The zero-order valence-corrected chi connectivity index (χ0v) is 6.54. The fraction of sp³-hybridized carbons (Fsp3) is 0. The van der Waals surface area contributed by atoms with Gasteiger partial charge in [0.1, 0.15) is 5.75 Å². The van der Waals surface area contributed by atoms with E-state index >= 15 is 0 Å². The Morgan fingerprint density at radius 3 is 2.36 bits per heavy atom. The van der Waals surface area contributed by atoms with Crippen LogP contribution in [0.25, 0.3) is 0 Å². The molecule has 0 spiro atoms. The predicted octanol–water partition coefficient (Wildman–Crippen LogP) is -1.40. The van der Waals surface area contributed by atoms with Crippen molar-refractivity contribution in [1.82, 2.24) is 0 Å². The molecule has 1 aromatic carbocycles. The molecule has 5 nitrogen and oxygen atoms in total. The third kappa shape index (κ3) is 3.85. The fourth-order valence-electron chi connectivity index (χ4n) is 0.805. The van der Waals surface area contributed by atoms with Crippen LogP contribution in [0.5, 0.6) is 5.75 Å². The molecule has 0 aliphatic carbocycles. The topological polar surface area (TPSA) is 87.0 Å². The van der Waals surface area contributed by atoms with Gasteiger partial charge in [0.2, 0.25) is 0 Å². The van der Waals surface area contributed by atoms with Gasteiger partial charge in [-0.15, -0.1) is 0 Å². The monoisotopic (exact) mass is 224 g/mol. The van der Waals surface area contributed by atoms with Crippen LogP contribution in [0.2, 0.25) is 0 Å². The first-order valence-electron chi connectivity index (χ1n) is 3.46.